The average molecular weight is 508 g/mol. The number of amides is 1. The highest BCUT2D eigenvalue weighted by Crippen LogP contribution is 2.24. The van der Waals surface area contributed by atoms with E-state index in [1.54, 1.807) is 36.4 Å². The number of sulfonamides is 1. The topological polar surface area (TPSA) is 78.8 Å². The Morgan fingerprint density at radius 1 is 1.09 bits per heavy atom. The minimum atomic E-state index is -4.15. The number of hydrogen-bond acceptors (Lipinski definition) is 4. The zero-order valence-corrected chi connectivity index (χ0v) is 19.8. The van der Waals surface area contributed by atoms with E-state index in [2.05, 4.69) is 10.5 Å². The van der Waals surface area contributed by atoms with Crippen LogP contribution in [0, 0.1) is 12.7 Å². The van der Waals surface area contributed by atoms with Crippen molar-refractivity contribution in [1.82, 2.24) is 9.73 Å². The van der Waals surface area contributed by atoms with Crippen molar-refractivity contribution < 1.29 is 17.6 Å². The number of carbonyl (C=O) groups is 1. The monoisotopic (exact) mass is 507 g/mol. The smallest absolute Gasteiger partial charge is 0.255 e. The second-order valence-electron chi connectivity index (χ2n) is 7.13. The van der Waals surface area contributed by atoms with E-state index in [1.165, 1.54) is 36.5 Å². The van der Waals surface area contributed by atoms with Gasteiger partial charge in [-0.2, -0.15) is 9.41 Å². The van der Waals surface area contributed by atoms with Gasteiger partial charge in [0.25, 0.3) is 5.91 Å². The molecular weight excluding hydrogens is 488 g/mol. The Morgan fingerprint density at radius 3 is 2.45 bits per heavy atom. The van der Waals surface area contributed by atoms with E-state index in [0.29, 0.717) is 10.6 Å². The first-order valence-electron chi connectivity index (χ1n) is 9.74. The molecule has 0 spiro atoms. The summed E-state index contributed by atoms with van der Waals surface area (Å²) in [5.74, 6) is -1.39. The van der Waals surface area contributed by atoms with Gasteiger partial charge in [-0.3, -0.25) is 4.79 Å². The van der Waals surface area contributed by atoms with Crippen molar-refractivity contribution in [3.8, 4) is 0 Å². The van der Waals surface area contributed by atoms with E-state index in [-0.39, 0.29) is 15.5 Å². The Kier molecular flexibility index (Phi) is 8.20. The first kappa shape index (κ1) is 24.9. The molecule has 172 valence electrons. The molecule has 0 aliphatic heterocycles. The molecule has 6 nitrogen and oxygen atoms in total. The van der Waals surface area contributed by atoms with Gasteiger partial charge in [-0.05, 0) is 48.9 Å². The maximum atomic E-state index is 14.4. The second-order valence-corrected chi connectivity index (χ2v) is 9.92. The average Bonchev–Trinajstić information content (AvgIpc) is 2.76. The maximum absolute atomic E-state index is 14.4. The molecule has 0 unspecified atom stereocenters. The van der Waals surface area contributed by atoms with Crippen molar-refractivity contribution in [2.45, 2.75) is 18.4 Å². The summed E-state index contributed by atoms with van der Waals surface area (Å²) in [6, 6.07) is 17.0. The summed E-state index contributed by atoms with van der Waals surface area (Å²) in [5.41, 5.74) is 3.76. The Hall–Kier alpha value is -2.78. The molecule has 3 aromatic carbocycles. The van der Waals surface area contributed by atoms with Crippen LogP contribution in [-0.2, 0) is 21.4 Å². The van der Waals surface area contributed by atoms with Gasteiger partial charge < -0.3 is 0 Å². The molecule has 0 fully saturated rings. The Balaban J connectivity index is 1.84. The fourth-order valence-electron chi connectivity index (χ4n) is 2.91. The molecule has 0 atom stereocenters. The summed E-state index contributed by atoms with van der Waals surface area (Å²) in [7, 11) is -4.15. The summed E-state index contributed by atoms with van der Waals surface area (Å²) in [5, 5.41) is 4.40. The lowest BCUT2D eigenvalue weighted by Crippen LogP contribution is -2.39. The molecule has 10 heteroatoms. The van der Waals surface area contributed by atoms with E-state index >= 15 is 0 Å². The molecule has 33 heavy (non-hydrogen) atoms. The number of carbonyl (C=O) groups excluding carboxylic acids is 1. The molecule has 0 saturated heterocycles. The van der Waals surface area contributed by atoms with Crippen LogP contribution in [0.5, 0.6) is 0 Å². The maximum Gasteiger partial charge on any atom is 0.255 e. The second kappa shape index (κ2) is 10.9. The number of nitrogens with zero attached hydrogens (tertiary/aromatic N) is 2. The number of benzene rings is 3. The predicted octanol–water partition coefficient (Wildman–Crippen LogP) is 4.78. The fraction of sp³-hybridized carbons (Fsp3) is 0.130. The SMILES string of the molecule is Cc1ccc(S(=O)(=O)N(CC(=O)N/N=C\c2cccc(Cl)c2)Cc2c(F)cccc2Cl)cc1. The minimum Gasteiger partial charge on any atom is -0.272 e. The molecule has 0 aliphatic rings. The summed E-state index contributed by atoms with van der Waals surface area (Å²) in [6.07, 6.45) is 1.37. The number of hydrazone groups is 1. The van der Waals surface area contributed by atoms with Crippen LogP contribution >= 0.6 is 23.2 Å². The highest BCUT2D eigenvalue weighted by atomic mass is 35.5. The van der Waals surface area contributed by atoms with E-state index in [4.69, 9.17) is 23.2 Å². The zero-order chi connectivity index (χ0) is 24.0. The standard InChI is InChI=1S/C23H20Cl2FN3O3S/c1-16-8-10-19(11-9-16)33(31,32)29(14-20-21(25)6-3-7-22(20)26)15-23(30)28-27-13-17-4-2-5-18(24)12-17/h2-13H,14-15H2,1H3,(H,28,30)/b27-13-. The molecule has 0 saturated carbocycles. The molecule has 0 radical (unpaired) electrons. The van der Waals surface area contributed by atoms with Gasteiger partial charge in [0, 0.05) is 22.2 Å². The number of aryl methyl sites for hydroxylation is 1. The molecule has 0 aromatic heterocycles. The molecule has 3 aromatic rings. The van der Waals surface area contributed by atoms with Crippen molar-refractivity contribution in [3.63, 3.8) is 0 Å². The van der Waals surface area contributed by atoms with Crippen molar-refractivity contribution in [2.75, 3.05) is 6.54 Å². The van der Waals surface area contributed by atoms with Crippen molar-refractivity contribution in [1.29, 1.82) is 0 Å². The predicted molar refractivity (Wildman–Crippen MR) is 127 cm³/mol. The van der Waals surface area contributed by atoms with Crippen molar-refractivity contribution in [3.05, 3.63) is 99.3 Å². The van der Waals surface area contributed by atoms with Crippen molar-refractivity contribution >= 4 is 45.3 Å². The van der Waals surface area contributed by atoms with Crippen LogP contribution in [0.3, 0.4) is 0 Å². The fourth-order valence-corrected chi connectivity index (χ4v) is 4.69. The largest absolute Gasteiger partial charge is 0.272 e. The minimum absolute atomic E-state index is 0.0317. The van der Waals surface area contributed by atoms with Crippen LogP contribution in [0.1, 0.15) is 16.7 Å². The molecule has 0 bridgehead atoms. The normalized spacial score (nSPS) is 11.8. The quantitative estimate of drug-likeness (QED) is 0.351. The molecular formula is C23H20Cl2FN3O3S. The lowest BCUT2D eigenvalue weighted by molar-refractivity contribution is -0.121. The van der Waals surface area contributed by atoms with Gasteiger partial charge in [0.1, 0.15) is 5.82 Å². The van der Waals surface area contributed by atoms with Gasteiger partial charge in [0.2, 0.25) is 10.0 Å². The van der Waals surface area contributed by atoms with E-state index in [1.807, 2.05) is 6.92 Å². The van der Waals surface area contributed by atoms with Gasteiger partial charge in [-0.15, -0.1) is 0 Å². The third-order valence-corrected chi connectivity index (χ3v) is 7.02. The first-order chi connectivity index (χ1) is 15.7. The molecule has 3 rings (SSSR count). The summed E-state index contributed by atoms with van der Waals surface area (Å²) >= 11 is 12.0. The van der Waals surface area contributed by atoms with Crippen LogP contribution in [0.2, 0.25) is 10.0 Å². The van der Waals surface area contributed by atoms with Gasteiger partial charge in [-0.1, -0.05) is 59.1 Å². The van der Waals surface area contributed by atoms with Gasteiger partial charge in [0.05, 0.1) is 17.7 Å². The highest BCUT2D eigenvalue weighted by Gasteiger charge is 2.28. The number of halogens is 3. The Labute approximate surface area is 201 Å². The van der Waals surface area contributed by atoms with Gasteiger partial charge >= 0.3 is 0 Å². The molecule has 1 N–H and O–H groups in total. The van der Waals surface area contributed by atoms with Crippen LogP contribution in [-0.4, -0.2) is 31.4 Å². The molecule has 0 aliphatic carbocycles. The van der Waals surface area contributed by atoms with E-state index in [9.17, 15) is 17.6 Å². The van der Waals surface area contributed by atoms with Crippen LogP contribution in [0.25, 0.3) is 0 Å². The lowest BCUT2D eigenvalue weighted by atomic mass is 10.2. The van der Waals surface area contributed by atoms with Crippen LogP contribution < -0.4 is 5.43 Å². The molecule has 1 amide bonds. The number of rotatable bonds is 8. The highest BCUT2D eigenvalue weighted by molar-refractivity contribution is 7.89. The third kappa shape index (κ3) is 6.61. The lowest BCUT2D eigenvalue weighted by Gasteiger charge is -2.22. The van der Waals surface area contributed by atoms with Gasteiger partial charge in [-0.25, -0.2) is 18.2 Å². The van der Waals surface area contributed by atoms with Gasteiger partial charge in [0.15, 0.2) is 0 Å². The van der Waals surface area contributed by atoms with Crippen LogP contribution in [0.15, 0.2) is 76.7 Å². The van der Waals surface area contributed by atoms with E-state index in [0.717, 1.165) is 9.87 Å². The number of hydrogen-bond donors (Lipinski definition) is 1. The summed E-state index contributed by atoms with van der Waals surface area (Å²) < 4.78 is 41.8. The van der Waals surface area contributed by atoms with Crippen molar-refractivity contribution in [2.24, 2.45) is 5.10 Å². The molecule has 0 heterocycles. The Bertz CT molecular complexity index is 1260. The third-order valence-electron chi connectivity index (χ3n) is 4.63. The first-order valence-corrected chi connectivity index (χ1v) is 11.9. The Morgan fingerprint density at radius 2 is 1.79 bits per heavy atom. The van der Waals surface area contributed by atoms with Crippen LogP contribution in [0.4, 0.5) is 4.39 Å². The zero-order valence-electron chi connectivity index (χ0n) is 17.5. The van der Waals surface area contributed by atoms with E-state index < -0.39 is 34.8 Å². The number of nitrogens with one attached hydrogen (secondary N) is 1. The summed E-state index contributed by atoms with van der Waals surface area (Å²) in [6.45, 7) is 0.777. The summed E-state index contributed by atoms with van der Waals surface area (Å²) in [4.78, 5) is 12.5.